The van der Waals surface area contributed by atoms with E-state index in [1.54, 1.807) is 36.0 Å². The molecular formula is C25H22F2N4O3S. The number of carbonyl (C=O) groups is 1. The van der Waals surface area contributed by atoms with Gasteiger partial charge < -0.3 is 9.88 Å². The van der Waals surface area contributed by atoms with Gasteiger partial charge in [-0.05, 0) is 67.4 Å². The first-order valence-corrected chi connectivity index (χ1v) is 12.1. The monoisotopic (exact) mass is 496 g/mol. The number of anilines is 1. The number of imidazole rings is 1. The van der Waals surface area contributed by atoms with E-state index in [1.807, 2.05) is 0 Å². The van der Waals surface area contributed by atoms with E-state index in [0.717, 1.165) is 6.07 Å². The van der Waals surface area contributed by atoms with E-state index in [4.69, 9.17) is 0 Å². The predicted molar refractivity (Wildman–Crippen MR) is 128 cm³/mol. The molecule has 3 aromatic carbocycles. The predicted octanol–water partition coefficient (Wildman–Crippen LogP) is 4.50. The molecule has 0 bridgehead atoms. The zero-order valence-corrected chi connectivity index (χ0v) is 19.7. The fourth-order valence-electron chi connectivity index (χ4n) is 3.45. The van der Waals surface area contributed by atoms with Crippen LogP contribution < -0.4 is 10.0 Å². The summed E-state index contributed by atoms with van der Waals surface area (Å²) >= 11 is 0. The fourth-order valence-corrected chi connectivity index (χ4v) is 4.51. The van der Waals surface area contributed by atoms with Crippen LogP contribution in [0.2, 0.25) is 0 Å². The number of benzene rings is 3. The van der Waals surface area contributed by atoms with E-state index in [1.165, 1.54) is 49.4 Å². The Morgan fingerprint density at radius 3 is 2.49 bits per heavy atom. The number of rotatable bonds is 7. The molecule has 1 amide bonds. The Hall–Kier alpha value is -4.05. The van der Waals surface area contributed by atoms with Gasteiger partial charge in [-0.1, -0.05) is 18.2 Å². The number of aryl methyl sites for hydroxylation is 2. The van der Waals surface area contributed by atoms with Gasteiger partial charge in [0.2, 0.25) is 0 Å². The molecule has 0 aliphatic rings. The molecule has 10 heteroatoms. The van der Waals surface area contributed by atoms with Crippen LogP contribution in [0.25, 0.3) is 5.69 Å². The van der Waals surface area contributed by atoms with Crippen molar-refractivity contribution in [1.82, 2.24) is 14.9 Å². The number of hydrogen-bond acceptors (Lipinski definition) is 4. The van der Waals surface area contributed by atoms with Crippen molar-refractivity contribution in [2.24, 2.45) is 0 Å². The summed E-state index contributed by atoms with van der Waals surface area (Å²) in [5, 5.41) is 2.69. The molecule has 4 rings (SSSR count). The maximum atomic E-state index is 14.6. The normalized spacial score (nSPS) is 11.3. The third-order valence-corrected chi connectivity index (χ3v) is 6.76. The Bertz CT molecular complexity index is 1520. The van der Waals surface area contributed by atoms with Crippen molar-refractivity contribution < 1.29 is 22.0 Å². The molecule has 0 fully saturated rings. The van der Waals surface area contributed by atoms with Crippen LogP contribution >= 0.6 is 0 Å². The molecule has 0 aliphatic heterocycles. The van der Waals surface area contributed by atoms with Crippen LogP contribution in [0.5, 0.6) is 0 Å². The lowest BCUT2D eigenvalue weighted by Gasteiger charge is -2.11. The van der Waals surface area contributed by atoms with Gasteiger partial charge in [-0.3, -0.25) is 9.52 Å². The highest BCUT2D eigenvalue weighted by Gasteiger charge is 2.17. The zero-order valence-electron chi connectivity index (χ0n) is 18.9. The molecule has 0 unspecified atom stereocenters. The van der Waals surface area contributed by atoms with E-state index < -0.39 is 27.6 Å². The average molecular weight is 497 g/mol. The van der Waals surface area contributed by atoms with Crippen molar-refractivity contribution in [2.45, 2.75) is 25.3 Å². The van der Waals surface area contributed by atoms with Crippen LogP contribution in [0.3, 0.4) is 0 Å². The summed E-state index contributed by atoms with van der Waals surface area (Å²) < 4.78 is 57.6. The summed E-state index contributed by atoms with van der Waals surface area (Å²) in [5.74, 6) is -0.914. The summed E-state index contributed by atoms with van der Waals surface area (Å²) in [5.41, 5.74) is 1.57. The van der Waals surface area contributed by atoms with E-state index in [9.17, 15) is 22.0 Å². The number of halogens is 2. The molecule has 180 valence electrons. The van der Waals surface area contributed by atoms with Gasteiger partial charge in [-0.25, -0.2) is 22.2 Å². The minimum Gasteiger partial charge on any atom is -0.348 e. The third-order valence-electron chi connectivity index (χ3n) is 5.38. The highest BCUT2D eigenvalue weighted by Crippen LogP contribution is 2.20. The van der Waals surface area contributed by atoms with Crippen LogP contribution in [0.15, 0.2) is 78.0 Å². The maximum Gasteiger partial charge on any atom is 0.261 e. The molecule has 1 heterocycles. The van der Waals surface area contributed by atoms with Crippen molar-refractivity contribution in [3.63, 3.8) is 0 Å². The van der Waals surface area contributed by atoms with Crippen LogP contribution in [0.1, 0.15) is 27.3 Å². The lowest BCUT2D eigenvalue weighted by atomic mass is 10.1. The summed E-state index contributed by atoms with van der Waals surface area (Å²) in [4.78, 5) is 16.5. The molecule has 0 saturated carbocycles. The van der Waals surface area contributed by atoms with Gasteiger partial charge in [-0.15, -0.1) is 0 Å². The largest absolute Gasteiger partial charge is 0.348 e. The molecular weight excluding hydrogens is 474 g/mol. The summed E-state index contributed by atoms with van der Waals surface area (Å²) in [6.07, 6.45) is 3.24. The molecule has 0 saturated heterocycles. The summed E-state index contributed by atoms with van der Waals surface area (Å²) in [6, 6.07) is 14.1. The number of sulfonamides is 1. The van der Waals surface area contributed by atoms with E-state index in [0.29, 0.717) is 22.6 Å². The molecule has 1 aromatic heterocycles. The number of carbonyl (C=O) groups excluding carboxylic acids is 1. The van der Waals surface area contributed by atoms with Crippen molar-refractivity contribution in [2.75, 3.05) is 4.72 Å². The standard InChI is InChI=1S/C25H22F2N4O3S/c1-16-6-8-21(14-22(16)26)35(33,34)30-20-5-3-4-19(13-20)25(32)29-15-18-7-9-24(23(27)12-18)31-11-10-28-17(31)2/h3-14,30H,15H2,1-2H3,(H,29,32). The van der Waals surface area contributed by atoms with Gasteiger partial charge in [-0.2, -0.15) is 0 Å². The molecule has 2 N–H and O–H groups in total. The lowest BCUT2D eigenvalue weighted by Crippen LogP contribution is -2.23. The summed E-state index contributed by atoms with van der Waals surface area (Å²) in [7, 11) is -4.05. The number of aromatic nitrogens is 2. The molecule has 0 aliphatic carbocycles. The second kappa shape index (κ2) is 9.67. The zero-order chi connectivity index (χ0) is 25.2. The van der Waals surface area contributed by atoms with Gasteiger partial charge in [0.1, 0.15) is 17.5 Å². The minimum absolute atomic E-state index is 0.0670. The number of amides is 1. The SMILES string of the molecule is Cc1ccc(S(=O)(=O)Nc2cccc(C(=O)NCc3ccc(-n4ccnc4C)c(F)c3)c2)cc1F. The Morgan fingerprint density at radius 1 is 1.00 bits per heavy atom. The van der Waals surface area contributed by atoms with E-state index >= 15 is 0 Å². The van der Waals surface area contributed by atoms with Gasteiger partial charge in [0, 0.05) is 30.2 Å². The number of nitrogens with zero attached hydrogens (tertiary/aromatic N) is 2. The van der Waals surface area contributed by atoms with Gasteiger partial charge in [0.05, 0.1) is 10.6 Å². The van der Waals surface area contributed by atoms with Gasteiger partial charge >= 0.3 is 0 Å². The quantitative estimate of drug-likeness (QED) is 0.394. The number of nitrogens with one attached hydrogen (secondary N) is 2. The smallest absolute Gasteiger partial charge is 0.261 e. The first kappa shape index (κ1) is 24.1. The average Bonchev–Trinajstić information content (AvgIpc) is 3.24. The third kappa shape index (κ3) is 5.38. The van der Waals surface area contributed by atoms with Gasteiger partial charge in [0.15, 0.2) is 0 Å². The highest BCUT2D eigenvalue weighted by molar-refractivity contribution is 7.92. The molecule has 0 atom stereocenters. The Balaban J connectivity index is 1.44. The second-order valence-corrected chi connectivity index (χ2v) is 9.59. The van der Waals surface area contributed by atoms with Crippen LogP contribution in [0, 0.1) is 25.5 Å². The molecule has 7 nitrogen and oxygen atoms in total. The Labute approximate surface area is 201 Å². The molecule has 35 heavy (non-hydrogen) atoms. The van der Waals surface area contributed by atoms with E-state index in [2.05, 4.69) is 15.0 Å². The lowest BCUT2D eigenvalue weighted by molar-refractivity contribution is 0.0951. The topological polar surface area (TPSA) is 93.1 Å². The molecule has 4 aromatic rings. The van der Waals surface area contributed by atoms with Crippen molar-refractivity contribution in [1.29, 1.82) is 0 Å². The van der Waals surface area contributed by atoms with E-state index in [-0.39, 0.29) is 22.7 Å². The fraction of sp³-hybridized carbons (Fsp3) is 0.120. The highest BCUT2D eigenvalue weighted by atomic mass is 32.2. The van der Waals surface area contributed by atoms with Crippen LogP contribution in [-0.2, 0) is 16.6 Å². The Kier molecular flexibility index (Phi) is 6.65. The first-order chi connectivity index (χ1) is 16.6. The first-order valence-electron chi connectivity index (χ1n) is 10.6. The summed E-state index contributed by atoms with van der Waals surface area (Å²) in [6.45, 7) is 3.36. The van der Waals surface area contributed by atoms with Crippen molar-refractivity contribution >= 4 is 21.6 Å². The van der Waals surface area contributed by atoms with Crippen LogP contribution in [-0.4, -0.2) is 23.9 Å². The minimum atomic E-state index is -4.05. The Morgan fingerprint density at radius 2 is 1.80 bits per heavy atom. The second-order valence-electron chi connectivity index (χ2n) is 7.91. The maximum absolute atomic E-state index is 14.6. The molecule has 0 radical (unpaired) electrons. The van der Waals surface area contributed by atoms with Gasteiger partial charge in [0.25, 0.3) is 15.9 Å². The number of hydrogen-bond donors (Lipinski definition) is 2. The molecule has 0 spiro atoms. The van der Waals surface area contributed by atoms with Crippen molar-refractivity contribution in [3.05, 3.63) is 107 Å². The van der Waals surface area contributed by atoms with Crippen LogP contribution in [0.4, 0.5) is 14.5 Å². The van der Waals surface area contributed by atoms with Crippen molar-refractivity contribution in [3.8, 4) is 5.69 Å².